The van der Waals surface area contributed by atoms with Gasteiger partial charge in [-0.25, -0.2) is 0 Å². The number of alkyl halides is 3. The second-order valence-electron chi connectivity index (χ2n) is 5.90. The van der Waals surface area contributed by atoms with Crippen LogP contribution >= 0.6 is 0 Å². The quantitative estimate of drug-likeness (QED) is 0.502. The molecule has 4 heteroatoms. The largest absolute Gasteiger partial charge is 0.418 e. The normalized spacial score (nSPS) is 12.1. The minimum absolute atomic E-state index is 0.134. The molecule has 0 aliphatic rings. The molecule has 0 fully saturated rings. The third kappa shape index (κ3) is 3.97. The summed E-state index contributed by atoms with van der Waals surface area (Å²) in [7, 11) is 0. The molecule has 0 bridgehead atoms. The van der Waals surface area contributed by atoms with Gasteiger partial charge < -0.3 is 4.90 Å². The van der Waals surface area contributed by atoms with Crippen molar-refractivity contribution < 1.29 is 13.2 Å². The Balaban J connectivity index is 2.20. The van der Waals surface area contributed by atoms with Crippen LogP contribution in [0.1, 0.15) is 11.1 Å². The van der Waals surface area contributed by atoms with Gasteiger partial charge in [0.05, 0.1) is 5.57 Å². The lowest BCUT2D eigenvalue weighted by atomic mass is 10.1. The first-order valence-corrected chi connectivity index (χ1v) is 8.21. The molecule has 26 heavy (non-hydrogen) atoms. The molecule has 3 aromatic carbocycles. The van der Waals surface area contributed by atoms with Gasteiger partial charge in [-0.15, -0.1) is 0 Å². The predicted molar refractivity (Wildman–Crippen MR) is 100 cm³/mol. The Kier molecular flexibility index (Phi) is 5.12. The van der Waals surface area contributed by atoms with Gasteiger partial charge >= 0.3 is 6.18 Å². The molecule has 0 amide bonds. The van der Waals surface area contributed by atoms with Gasteiger partial charge in [-0.3, -0.25) is 0 Å². The van der Waals surface area contributed by atoms with Crippen LogP contribution in [-0.2, 0) is 0 Å². The molecule has 0 spiro atoms. The fourth-order valence-electron chi connectivity index (χ4n) is 2.76. The zero-order valence-corrected chi connectivity index (χ0v) is 14.2. The molecule has 3 rings (SSSR count). The molecule has 1 nitrogen and oxygen atoms in total. The molecule has 0 saturated carbocycles. The van der Waals surface area contributed by atoms with Gasteiger partial charge in [0.2, 0.25) is 0 Å². The minimum atomic E-state index is -4.48. The van der Waals surface area contributed by atoms with Crippen LogP contribution in [0.5, 0.6) is 0 Å². The van der Waals surface area contributed by atoms with Gasteiger partial charge in [0.1, 0.15) is 0 Å². The topological polar surface area (TPSA) is 3.24 Å². The Morgan fingerprint density at radius 2 is 1.31 bits per heavy atom. The second kappa shape index (κ2) is 7.48. The summed E-state index contributed by atoms with van der Waals surface area (Å²) in [6.07, 6.45) is -3.30. The van der Waals surface area contributed by atoms with E-state index in [1.807, 2.05) is 49.4 Å². The van der Waals surface area contributed by atoms with Crippen molar-refractivity contribution in [2.75, 3.05) is 4.90 Å². The third-order valence-corrected chi connectivity index (χ3v) is 4.06. The van der Waals surface area contributed by atoms with Crippen LogP contribution < -0.4 is 4.90 Å². The van der Waals surface area contributed by atoms with Crippen LogP contribution in [0.25, 0.3) is 5.57 Å². The number of nitrogens with zero attached hydrogens (tertiary/aromatic N) is 1. The second-order valence-corrected chi connectivity index (χ2v) is 5.90. The zero-order valence-electron chi connectivity index (χ0n) is 14.2. The van der Waals surface area contributed by atoms with Crippen LogP contribution in [0.15, 0.2) is 91.1 Å². The Labute approximate surface area is 151 Å². The average Bonchev–Trinajstić information content (AvgIpc) is 2.64. The SMILES string of the molecule is Cc1ccccc1N(/C=C(/c1ccccc1)C(F)(F)F)c1ccccc1. The summed E-state index contributed by atoms with van der Waals surface area (Å²) >= 11 is 0. The summed E-state index contributed by atoms with van der Waals surface area (Å²) in [5, 5.41) is 0. The Morgan fingerprint density at radius 1 is 0.769 bits per heavy atom. The molecular formula is C22H18F3N. The smallest absolute Gasteiger partial charge is 0.316 e. The fraction of sp³-hybridized carbons (Fsp3) is 0.0909. The van der Waals surface area contributed by atoms with Crippen LogP contribution in [0.2, 0.25) is 0 Å². The van der Waals surface area contributed by atoms with E-state index in [1.54, 1.807) is 35.2 Å². The van der Waals surface area contributed by atoms with E-state index in [0.29, 0.717) is 11.4 Å². The van der Waals surface area contributed by atoms with Crippen LogP contribution in [0.3, 0.4) is 0 Å². The molecule has 0 radical (unpaired) electrons. The Bertz CT molecular complexity index is 884. The lowest BCUT2D eigenvalue weighted by molar-refractivity contribution is -0.0690. The van der Waals surface area contributed by atoms with E-state index in [2.05, 4.69) is 0 Å². The van der Waals surface area contributed by atoms with Crippen LogP contribution in [-0.4, -0.2) is 6.18 Å². The monoisotopic (exact) mass is 353 g/mol. The number of hydrogen-bond donors (Lipinski definition) is 0. The summed E-state index contributed by atoms with van der Waals surface area (Å²) in [5.41, 5.74) is 1.71. The molecule has 0 aliphatic heterocycles. The van der Waals surface area contributed by atoms with Crippen molar-refractivity contribution in [3.05, 3.63) is 102 Å². The number of allylic oxidation sites excluding steroid dienone is 1. The maximum absolute atomic E-state index is 13.8. The van der Waals surface area contributed by atoms with E-state index in [-0.39, 0.29) is 5.56 Å². The summed E-state index contributed by atoms with van der Waals surface area (Å²) in [6, 6.07) is 24.3. The van der Waals surface area contributed by atoms with Crippen molar-refractivity contribution in [1.29, 1.82) is 0 Å². The summed E-state index contributed by atoms with van der Waals surface area (Å²) in [4.78, 5) is 1.59. The fourth-order valence-corrected chi connectivity index (χ4v) is 2.76. The average molecular weight is 353 g/mol. The summed E-state index contributed by atoms with van der Waals surface area (Å²) in [5.74, 6) is 0. The third-order valence-electron chi connectivity index (χ3n) is 4.06. The lowest BCUT2D eigenvalue weighted by Gasteiger charge is -2.25. The first-order valence-electron chi connectivity index (χ1n) is 8.21. The highest BCUT2D eigenvalue weighted by atomic mass is 19.4. The number of hydrogen-bond acceptors (Lipinski definition) is 1. The van der Waals surface area contributed by atoms with E-state index >= 15 is 0 Å². The van der Waals surface area contributed by atoms with Gasteiger partial charge in [0.15, 0.2) is 0 Å². The molecule has 0 heterocycles. The van der Waals surface area contributed by atoms with E-state index in [4.69, 9.17) is 0 Å². The number of para-hydroxylation sites is 2. The van der Waals surface area contributed by atoms with E-state index < -0.39 is 11.7 Å². The Morgan fingerprint density at radius 3 is 1.88 bits per heavy atom. The molecule has 0 N–H and O–H groups in total. The highest BCUT2D eigenvalue weighted by Crippen LogP contribution is 2.37. The number of aryl methyl sites for hydroxylation is 1. The summed E-state index contributed by atoms with van der Waals surface area (Å²) < 4.78 is 41.4. The highest BCUT2D eigenvalue weighted by molar-refractivity contribution is 5.78. The van der Waals surface area contributed by atoms with Crippen molar-refractivity contribution in [3.63, 3.8) is 0 Å². The van der Waals surface area contributed by atoms with Gasteiger partial charge in [0, 0.05) is 17.6 Å². The zero-order chi connectivity index (χ0) is 18.6. The van der Waals surface area contributed by atoms with Crippen molar-refractivity contribution in [1.82, 2.24) is 0 Å². The van der Waals surface area contributed by atoms with Gasteiger partial charge in [0.25, 0.3) is 0 Å². The molecule has 0 atom stereocenters. The van der Waals surface area contributed by atoms with Crippen LogP contribution in [0.4, 0.5) is 24.5 Å². The van der Waals surface area contributed by atoms with E-state index in [1.165, 1.54) is 18.3 Å². The van der Waals surface area contributed by atoms with Crippen molar-refractivity contribution in [2.24, 2.45) is 0 Å². The maximum atomic E-state index is 13.8. The molecule has 0 aliphatic carbocycles. The van der Waals surface area contributed by atoms with E-state index in [9.17, 15) is 13.2 Å². The van der Waals surface area contributed by atoms with Crippen molar-refractivity contribution in [2.45, 2.75) is 13.1 Å². The number of anilines is 2. The van der Waals surface area contributed by atoms with Gasteiger partial charge in [-0.05, 0) is 36.2 Å². The minimum Gasteiger partial charge on any atom is -0.316 e. The molecule has 132 valence electrons. The first-order chi connectivity index (χ1) is 12.5. The molecule has 3 aromatic rings. The number of rotatable bonds is 4. The van der Waals surface area contributed by atoms with Gasteiger partial charge in [-0.2, -0.15) is 13.2 Å². The Hall–Kier alpha value is -3.01. The standard InChI is InChI=1S/C22H18F3N/c1-17-10-8-9-15-21(17)26(19-13-6-3-7-14-19)16-20(22(23,24)25)18-11-4-2-5-12-18/h2-16H,1H3/b20-16-. The van der Waals surface area contributed by atoms with Crippen molar-refractivity contribution >= 4 is 16.9 Å². The lowest BCUT2D eigenvalue weighted by Crippen LogP contribution is -2.17. The van der Waals surface area contributed by atoms with Gasteiger partial charge in [-0.1, -0.05) is 66.7 Å². The molecule has 0 saturated heterocycles. The number of halogens is 3. The highest BCUT2D eigenvalue weighted by Gasteiger charge is 2.35. The number of benzene rings is 3. The maximum Gasteiger partial charge on any atom is 0.418 e. The molecule has 0 unspecified atom stereocenters. The summed E-state index contributed by atoms with van der Waals surface area (Å²) in [6.45, 7) is 1.88. The molecule has 0 aromatic heterocycles. The molecular weight excluding hydrogens is 335 g/mol. The van der Waals surface area contributed by atoms with Crippen LogP contribution in [0, 0.1) is 6.92 Å². The van der Waals surface area contributed by atoms with E-state index in [0.717, 1.165) is 5.56 Å². The predicted octanol–water partition coefficient (Wildman–Crippen LogP) is 6.74. The van der Waals surface area contributed by atoms with Crippen molar-refractivity contribution in [3.8, 4) is 0 Å². The first kappa shape index (κ1) is 17.8.